The second-order valence-corrected chi connectivity index (χ2v) is 3.93. The molecular formula is C12H13NO3. The molecule has 4 heteroatoms. The second-order valence-electron chi connectivity index (χ2n) is 3.93. The van der Waals surface area contributed by atoms with Crippen molar-refractivity contribution in [3.05, 3.63) is 34.3 Å². The zero-order valence-electron chi connectivity index (χ0n) is 9.32. The zero-order valence-corrected chi connectivity index (χ0v) is 9.32. The number of carbonyl (C=O) groups excluding carboxylic acids is 1. The standard InChI is InChI=1S/C12H13NO3/c1-8(14)3-4-9-5-6-11-10(7-9)13(2)12(15)16-11/h5-7H,3-4H2,1-2H3. The van der Waals surface area contributed by atoms with Crippen molar-refractivity contribution in [2.45, 2.75) is 19.8 Å². The number of hydrogen-bond donors (Lipinski definition) is 0. The molecule has 0 aliphatic heterocycles. The van der Waals surface area contributed by atoms with E-state index in [4.69, 9.17) is 4.42 Å². The van der Waals surface area contributed by atoms with Gasteiger partial charge in [0.05, 0.1) is 5.52 Å². The van der Waals surface area contributed by atoms with Gasteiger partial charge in [-0.3, -0.25) is 4.57 Å². The van der Waals surface area contributed by atoms with Crippen LogP contribution in [0.2, 0.25) is 0 Å². The Morgan fingerprint density at radius 1 is 1.44 bits per heavy atom. The van der Waals surface area contributed by atoms with Crippen molar-refractivity contribution in [3.63, 3.8) is 0 Å². The Kier molecular flexibility index (Phi) is 2.64. The van der Waals surface area contributed by atoms with Crippen LogP contribution in [0.4, 0.5) is 0 Å². The summed E-state index contributed by atoms with van der Waals surface area (Å²) in [5, 5.41) is 0. The first-order valence-electron chi connectivity index (χ1n) is 5.16. The van der Waals surface area contributed by atoms with E-state index in [1.54, 1.807) is 20.0 Å². The number of carbonyl (C=O) groups is 1. The fourth-order valence-corrected chi connectivity index (χ4v) is 1.65. The molecule has 0 saturated heterocycles. The summed E-state index contributed by atoms with van der Waals surface area (Å²) in [6, 6.07) is 5.55. The summed E-state index contributed by atoms with van der Waals surface area (Å²) in [7, 11) is 1.67. The molecule has 0 radical (unpaired) electrons. The smallest absolute Gasteiger partial charge is 0.408 e. The van der Waals surface area contributed by atoms with E-state index < -0.39 is 0 Å². The van der Waals surface area contributed by atoms with E-state index in [0.717, 1.165) is 11.1 Å². The number of aryl methyl sites for hydroxylation is 2. The molecule has 0 unspecified atom stereocenters. The Hall–Kier alpha value is -1.84. The highest BCUT2D eigenvalue weighted by atomic mass is 16.4. The van der Waals surface area contributed by atoms with Gasteiger partial charge >= 0.3 is 5.76 Å². The summed E-state index contributed by atoms with van der Waals surface area (Å²) < 4.78 is 6.48. The number of nitrogens with zero attached hydrogens (tertiary/aromatic N) is 1. The SMILES string of the molecule is CC(=O)CCc1ccc2oc(=O)n(C)c2c1. The van der Waals surface area contributed by atoms with E-state index in [1.165, 1.54) is 4.57 Å². The minimum atomic E-state index is -0.362. The molecule has 0 fully saturated rings. The lowest BCUT2D eigenvalue weighted by Gasteiger charge is -1.99. The molecular weight excluding hydrogens is 206 g/mol. The maximum Gasteiger partial charge on any atom is 0.419 e. The van der Waals surface area contributed by atoms with Crippen LogP contribution in [0.5, 0.6) is 0 Å². The lowest BCUT2D eigenvalue weighted by Crippen LogP contribution is -2.08. The van der Waals surface area contributed by atoms with Gasteiger partial charge in [-0.1, -0.05) is 6.07 Å². The molecule has 0 aliphatic carbocycles. The molecule has 0 spiro atoms. The van der Waals surface area contributed by atoms with Crippen molar-refractivity contribution in [1.29, 1.82) is 0 Å². The van der Waals surface area contributed by atoms with Crippen molar-refractivity contribution in [1.82, 2.24) is 4.57 Å². The first kappa shape index (κ1) is 10.7. The average molecular weight is 219 g/mol. The summed E-state index contributed by atoms with van der Waals surface area (Å²) in [5.41, 5.74) is 2.39. The number of ketones is 1. The molecule has 0 saturated carbocycles. The predicted octanol–water partition coefficient (Wildman–Crippen LogP) is 1.65. The van der Waals surface area contributed by atoms with Gasteiger partial charge < -0.3 is 9.21 Å². The van der Waals surface area contributed by atoms with Gasteiger partial charge in [0.25, 0.3) is 0 Å². The van der Waals surface area contributed by atoms with E-state index in [2.05, 4.69) is 0 Å². The topological polar surface area (TPSA) is 52.2 Å². The van der Waals surface area contributed by atoms with Crippen LogP contribution >= 0.6 is 0 Å². The average Bonchev–Trinajstić information content (AvgIpc) is 2.52. The molecule has 4 nitrogen and oxygen atoms in total. The van der Waals surface area contributed by atoms with Gasteiger partial charge in [-0.05, 0) is 31.0 Å². The summed E-state index contributed by atoms with van der Waals surface area (Å²) in [4.78, 5) is 22.1. The normalized spacial score (nSPS) is 10.9. The minimum absolute atomic E-state index is 0.168. The predicted molar refractivity (Wildman–Crippen MR) is 60.5 cm³/mol. The number of benzene rings is 1. The third kappa shape index (κ3) is 1.91. The molecule has 0 atom stereocenters. The van der Waals surface area contributed by atoms with Crippen LogP contribution < -0.4 is 5.76 Å². The van der Waals surface area contributed by atoms with Gasteiger partial charge in [-0.15, -0.1) is 0 Å². The number of fused-ring (bicyclic) bond motifs is 1. The maximum atomic E-state index is 11.3. The Bertz CT molecular complexity index is 592. The third-order valence-electron chi connectivity index (χ3n) is 2.62. The van der Waals surface area contributed by atoms with Crippen molar-refractivity contribution in [2.24, 2.45) is 7.05 Å². The minimum Gasteiger partial charge on any atom is -0.408 e. The molecule has 0 bridgehead atoms. The van der Waals surface area contributed by atoms with E-state index in [9.17, 15) is 9.59 Å². The first-order chi connectivity index (χ1) is 7.58. The molecule has 0 amide bonds. The van der Waals surface area contributed by atoms with Gasteiger partial charge in [0.1, 0.15) is 5.78 Å². The molecule has 16 heavy (non-hydrogen) atoms. The number of hydrogen-bond acceptors (Lipinski definition) is 3. The number of Topliss-reactive ketones (excluding diaryl/α,β-unsaturated/α-hetero) is 1. The van der Waals surface area contributed by atoms with Crippen molar-refractivity contribution >= 4 is 16.9 Å². The monoisotopic (exact) mass is 219 g/mol. The molecule has 0 N–H and O–H groups in total. The summed E-state index contributed by atoms with van der Waals surface area (Å²) in [6.45, 7) is 1.58. The van der Waals surface area contributed by atoms with E-state index in [0.29, 0.717) is 18.4 Å². The Morgan fingerprint density at radius 2 is 2.19 bits per heavy atom. The van der Waals surface area contributed by atoms with Gasteiger partial charge in [0, 0.05) is 13.5 Å². The van der Waals surface area contributed by atoms with Crippen molar-refractivity contribution in [3.8, 4) is 0 Å². The second kappa shape index (κ2) is 3.96. The van der Waals surface area contributed by atoms with Gasteiger partial charge in [0.2, 0.25) is 0 Å². The van der Waals surface area contributed by atoms with Gasteiger partial charge in [-0.2, -0.15) is 0 Å². The molecule has 0 aliphatic rings. The van der Waals surface area contributed by atoms with Crippen LogP contribution in [0, 0.1) is 0 Å². The highest BCUT2D eigenvalue weighted by Crippen LogP contribution is 2.15. The van der Waals surface area contributed by atoms with Crippen LogP contribution in [0.15, 0.2) is 27.4 Å². The van der Waals surface area contributed by atoms with Crippen LogP contribution in [-0.4, -0.2) is 10.4 Å². The Labute approximate surface area is 92.5 Å². The molecule has 1 heterocycles. The van der Waals surface area contributed by atoms with E-state index in [1.807, 2.05) is 12.1 Å². The Morgan fingerprint density at radius 3 is 2.88 bits per heavy atom. The van der Waals surface area contributed by atoms with Crippen LogP contribution in [0.3, 0.4) is 0 Å². The lowest BCUT2D eigenvalue weighted by atomic mass is 10.1. The largest absolute Gasteiger partial charge is 0.419 e. The summed E-state index contributed by atoms with van der Waals surface area (Å²) >= 11 is 0. The quantitative estimate of drug-likeness (QED) is 0.788. The fraction of sp³-hybridized carbons (Fsp3) is 0.333. The van der Waals surface area contributed by atoms with Crippen LogP contribution in [-0.2, 0) is 18.3 Å². The van der Waals surface area contributed by atoms with E-state index in [-0.39, 0.29) is 11.5 Å². The number of rotatable bonds is 3. The van der Waals surface area contributed by atoms with Crippen LogP contribution in [0.25, 0.3) is 11.1 Å². The zero-order chi connectivity index (χ0) is 11.7. The van der Waals surface area contributed by atoms with Gasteiger partial charge in [-0.25, -0.2) is 4.79 Å². The first-order valence-corrected chi connectivity index (χ1v) is 5.16. The highest BCUT2D eigenvalue weighted by molar-refractivity contribution is 5.76. The lowest BCUT2D eigenvalue weighted by molar-refractivity contribution is -0.116. The molecule has 1 aromatic carbocycles. The molecule has 2 aromatic rings. The summed E-state index contributed by atoms with van der Waals surface area (Å²) in [6.07, 6.45) is 1.22. The number of aromatic nitrogens is 1. The van der Waals surface area contributed by atoms with E-state index >= 15 is 0 Å². The molecule has 84 valence electrons. The maximum absolute atomic E-state index is 11.3. The summed E-state index contributed by atoms with van der Waals surface area (Å²) in [5.74, 6) is -0.195. The van der Waals surface area contributed by atoms with Crippen LogP contribution in [0.1, 0.15) is 18.9 Å². The van der Waals surface area contributed by atoms with Crippen molar-refractivity contribution in [2.75, 3.05) is 0 Å². The number of oxazole rings is 1. The third-order valence-corrected chi connectivity index (χ3v) is 2.62. The molecule has 2 rings (SSSR count). The van der Waals surface area contributed by atoms with Crippen molar-refractivity contribution < 1.29 is 9.21 Å². The fourth-order valence-electron chi connectivity index (χ4n) is 1.65. The highest BCUT2D eigenvalue weighted by Gasteiger charge is 2.06. The van der Waals surface area contributed by atoms with Gasteiger partial charge in [0.15, 0.2) is 5.58 Å². The Balaban J connectivity index is 2.39. The molecule has 1 aromatic heterocycles.